The van der Waals surface area contributed by atoms with Crippen LogP contribution in [0.3, 0.4) is 0 Å². The van der Waals surface area contributed by atoms with E-state index in [1.54, 1.807) is 24.3 Å². The molecule has 0 heterocycles. The van der Waals surface area contributed by atoms with Crippen LogP contribution in [0.25, 0.3) is 0 Å². The topological polar surface area (TPSA) is 75.6 Å². The number of hydrogen-bond donors (Lipinski definition) is 2. The highest BCUT2D eigenvalue weighted by Gasteiger charge is 2.16. The summed E-state index contributed by atoms with van der Waals surface area (Å²) in [7, 11) is 0. The molecule has 1 amide bonds. The van der Waals surface area contributed by atoms with Crippen LogP contribution in [-0.4, -0.2) is 23.6 Å². The second-order valence-corrected chi connectivity index (χ2v) is 5.39. The standard InChI is InChI=1S/C16H23NO4/c1-11(2)12(3)16(20)17-13-6-8-14(9-7-13)21-10-4-5-15(18)19/h6-9,11-12H,4-5,10H2,1-3H3,(H,17,20)(H,18,19). The molecule has 0 fully saturated rings. The molecular formula is C16H23NO4. The molecule has 5 nitrogen and oxygen atoms in total. The zero-order valence-electron chi connectivity index (χ0n) is 12.8. The third-order valence-corrected chi connectivity index (χ3v) is 3.34. The van der Waals surface area contributed by atoms with Crippen molar-refractivity contribution >= 4 is 17.6 Å². The van der Waals surface area contributed by atoms with Gasteiger partial charge in [-0.25, -0.2) is 0 Å². The summed E-state index contributed by atoms with van der Waals surface area (Å²) in [5.41, 5.74) is 0.727. The Kier molecular flexibility index (Phi) is 6.72. The predicted molar refractivity (Wildman–Crippen MR) is 81.4 cm³/mol. The third kappa shape index (κ3) is 6.29. The van der Waals surface area contributed by atoms with Gasteiger partial charge in [-0.2, -0.15) is 0 Å². The first-order valence-corrected chi connectivity index (χ1v) is 7.15. The number of rotatable bonds is 8. The fraction of sp³-hybridized carbons (Fsp3) is 0.500. The Morgan fingerprint density at radius 2 is 1.81 bits per heavy atom. The smallest absolute Gasteiger partial charge is 0.303 e. The summed E-state index contributed by atoms with van der Waals surface area (Å²) >= 11 is 0. The summed E-state index contributed by atoms with van der Waals surface area (Å²) in [5.74, 6) is 0.0881. The lowest BCUT2D eigenvalue weighted by molar-refractivity contribution is -0.137. The lowest BCUT2D eigenvalue weighted by atomic mass is 9.97. The molecule has 0 aromatic heterocycles. The van der Waals surface area contributed by atoms with Gasteiger partial charge >= 0.3 is 5.97 Å². The van der Waals surface area contributed by atoms with Crippen LogP contribution in [-0.2, 0) is 9.59 Å². The van der Waals surface area contributed by atoms with Crippen LogP contribution in [0.1, 0.15) is 33.6 Å². The Balaban J connectivity index is 2.43. The zero-order valence-corrected chi connectivity index (χ0v) is 12.8. The highest BCUT2D eigenvalue weighted by atomic mass is 16.5. The van der Waals surface area contributed by atoms with Gasteiger partial charge in [0.05, 0.1) is 6.61 Å². The zero-order chi connectivity index (χ0) is 15.8. The average molecular weight is 293 g/mol. The molecule has 1 aromatic rings. The normalized spacial score (nSPS) is 12.0. The molecule has 21 heavy (non-hydrogen) atoms. The van der Waals surface area contributed by atoms with Gasteiger partial charge in [-0.3, -0.25) is 9.59 Å². The number of aliphatic carboxylic acids is 1. The summed E-state index contributed by atoms with van der Waals surface area (Å²) in [4.78, 5) is 22.3. The SMILES string of the molecule is CC(C)C(C)C(=O)Nc1ccc(OCCCC(=O)O)cc1. The molecule has 0 saturated carbocycles. The van der Waals surface area contributed by atoms with Gasteiger partial charge in [-0.15, -0.1) is 0 Å². The van der Waals surface area contributed by atoms with Gasteiger partial charge in [0.2, 0.25) is 5.91 Å². The summed E-state index contributed by atoms with van der Waals surface area (Å²) in [6.45, 7) is 6.29. The maximum Gasteiger partial charge on any atom is 0.303 e. The van der Waals surface area contributed by atoms with Gasteiger partial charge in [0.1, 0.15) is 5.75 Å². The van der Waals surface area contributed by atoms with Crippen LogP contribution in [0.2, 0.25) is 0 Å². The molecule has 0 radical (unpaired) electrons. The van der Waals surface area contributed by atoms with Gasteiger partial charge in [0.15, 0.2) is 0 Å². The van der Waals surface area contributed by atoms with Crippen molar-refractivity contribution in [3.05, 3.63) is 24.3 Å². The number of anilines is 1. The minimum absolute atomic E-state index is 0.000117. The number of ether oxygens (including phenoxy) is 1. The number of benzene rings is 1. The number of hydrogen-bond acceptors (Lipinski definition) is 3. The molecule has 0 spiro atoms. The lowest BCUT2D eigenvalue weighted by Crippen LogP contribution is -2.24. The largest absolute Gasteiger partial charge is 0.494 e. The van der Waals surface area contributed by atoms with Crippen molar-refractivity contribution in [1.82, 2.24) is 0 Å². The molecule has 1 unspecified atom stereocenters. The first-order valence-electron chi connectivity index (χ1n) is 7.15. The molecular weight excluding hydrogens is 270 g/mol. The van der Waals surface area contributed by atoms with Crippen LogP contribution in [0.5, 0.6) is 5.75 Å². The number of amides is 1. The van der Waals surface area contributed by atoms with E-state index >= 15 is 0 Å². The monoisotopic (exact) mass is 293 g/mol. The van der Waals surface area contributed by atoms with Crippen molar-refractivity contribution in [3.63, 3.8) is 0 Å². The average Bonchev–Trinajstić information content (AvgIpc) is 2.44. The van der Waals surface area contributed by atoms with E-state index in [2.05, 4.69) is 5.32 Å². The molecule has 1 atom stereocenters. The van der Waals surface area contributed by atoms with Crippen LogP contribution in [0.4, 0.5) is 5.69 Å². The van der Waals surface area contributed by atoms with E-state index in [4.69, 9.17) is 9.84 Å². The molecule has 116 valence electrons. The van der Waals surface area contributed by atoms with E-state index in [-0.39, 0.29) is 18.2 Å². The Hall–Kier alpha value is -2.04. The Morgan fingerprint density at radius 1 is 1.19 bits per heavy atom. The number of carboxylic acid groups (broad SMARTS) is 1. The quantitative estimate of drug-likeness (QED) is 0.722. The van der Waals surface area contributed by atoms with E-state index < -0.39 is 5.97 Å². The number of carbonyl (C=O) groups excluding carboxylic acids is 1. The molecule has 1 rings (SSSR count). The van der Waals surface area contributed by atoms with Crippen LogP contribution >= 0.6 is 0 Å². The minimum Gasteiger partial charge on any atom is -0.494 e. The highest BCUT2D eigenvalue weighted by molar-refractivity contribution is 5.92. The van der Waals surface area contributed by atoms with E-state index in [0.29, 0.717) is 24.7 Å². The van der Waals surface area contributed by atoms with Crippen molar-refractivity contribution in [2.45, 2.75) is 33.6 Å². The first kappa shape index (κ1) is 17.0. The number of carbonyl (C=O) groups is 2. The maximum absolute atomic E-state index is 11.9. The van der Waals surface area contributed by atoms with Crippen LogP contribution in [0, 0.1) is 11.8 Å². The van der Waals surface area contributed by atoms with Gasteiger partial charge in [0.25, 0.3) is 0 Å². The summed E-state index contributed by atoms with van der Waals surface area (Å²) in [6, 6.07) is 7.07. The van der Waals surface area contributed by atoms with Crippen molar-refractivity contribution in [2.75, 3.05) is 11.9 Å². The number of nitrogens with one attached hydrogen (secondary N) is 1. The van der Waals surface area contributed by atoms with Crippen molar-refractivity contribution in [3.8, 4) is 5.75 Å². The van der Waals surface area contributed by atoms with Crippen LogP contribution < -0.4 is 10.1 Å². The molecule has 5 heteroatoms. The lowest BCUT2D eigenvalue weighted by Gasteiger charge is -2.15. The molecule has 0 saturated heterocycles. The second kappa shape index (κ2) is 8.29. The fourth-order valence-corrected chi connectivity index (χ4v) is 1.61. The Labute approximate surface area is 125 Å². The minimum atomic E-state index is -0.823. The molecule has 0 aliphatic rings. The number of carboxylic acids is 1. The highest BCUT2D eigenvalue weighted by Crippen LogP contribution is 2.18. The van der Waals surface area contributed by atoms with Gasteiger partial charge in [-0.1, -0.05) is 20.8 Å². The first-order chi connectivity index (χ1) is 9.90. The molecule has 2 N–H and O–H groups in total. The van der Waals surface area contributed by atoms with Crippen molar-refractivity contribution in [2.24, 2.45) is 11.8 Å². The van der Waals surface area contributed by atoms with Crippen LogP contribution in [0.15, 0.2) is 24.3 Å². The van der Waals surface area contributed by atoms with E-state index in [1.807, 2.05) is 20.8 Å². The fourth-order valence-electron chi connectivity index (χ4n) is 1.61. The molecule has 0 bridgehead atoms. The summed E-state index contributed by atoms with van der Waals surface area (Å²) in [6.07, 6.45) is 0.570. The summed E-state index contributed by atoms with van der Waals surface area (Å²) < 4.78 is 5.43. The summed E-state index contributed by atoms with van der Waals surface area (Å²) in [5, 5.41) is 11.4. The molecule has 0 aliphatic carbocycles. The Morgan fingerprint density at radius 3 is 2.33 bits per heavy atom. The van der Waals surface area contributed by atoms with E-state index in [1.165, 1.54) is 0 Å². The second-order valence-electron chi connectivity index (χ2n) is 5.39. The van der Waals surface area contributed by atoms with E-state index in [0.717, 1.165) is 5.69 Å². The third-order valence-electron chi connectivity index (χ3n) is 3.34. The Bertz CT molecular complexity index is 468. The van der Waals surface area contributed by atoms with Gasteiger partial charge in [-0.05, 0) is 36.6 Å². The van der Waals surface area contributed by atoms with Gasteiger partial charge < -0.3 is 15.2 Å². The van der Waals surface area contributed by atoms with Gasteiger partial charge in [0, 0.05) is 18.0 Å². The maximum atomic E-state index is 11.9. The molecule has 0 aliphatic heterocycles. The molecule has 1 aromatic carbocycles. The van der Waals surface area contributed by atoms with Crippen molar-refractivity contribution < 1.29 is 19.4 Å². The van der Waals surface area contributed by atoms with E-state index in [9.17, 15) is 9.59 Å². The predicted octanol–water partition coefficient (Wildman–Crippen LogP) is 3.16. The van der Waals surface area contributed by atoms with Crippen molar-refractivity contribution in [1.29, 1.82) is 0 Å².